The van der Waals surface area contributed by atoms with Gasteiger partial charge in [-0.2, -0.15) is 0 Å². The maximum atomic E-state index is 12.1. The molecule has 1 fully saturated rings. The van der Waals surface area contributed by atoms with E-state index in [-0.39, 0.29) is 17.2 Å². The quantitative estimate of drug-likeness (QED) is 0.642. The van der Waals surface area contributed by atoms with E-state index in [0.29, 0.717) is 6.54 Å². The summed E-state index contributed by atoms with van der Waals surface area (Å²) >= 11 is 0. The summed E-state index contributed by atoms with van der Waals surface area (Å²) in [5.74, 6) is 0.263. The molecule has 4 nitrogen and oxygen atoms in total. The van der Waals surface area contributed by atoms with Gasteiger partial charge in [0, 0.05) is 13.1 Å². The maximum absolute atomic E-state index is 12.1. The summed E-state index contributed by atoms with van der Waals surface area (Å²) in [6, 6.07) is 0. The van der Waals surface area contributed by atoms with Crippen LogP contribution in [-0.4, -0.2) is 36.8 Å². The van der Waals surface area contributed by atoms with Crippen molar-refractivity contribution < 1.29 is 9.90 Å². The molecule has 0 aromatic carbocycles. The molecule has 0 aromatic rings. The van der Waals surface area contributed by atoms with Crippen LogP contribution < -0.4 is 10.6 Å². The molecule has 16 heavy (non-hydrogen) atoms. The Hall–Kier alpha value is -0.610. The van der Waals surface area contributed by atoms with Gasteiger partial charge in [0.05, 0.1) is 11.5 Å². The van der Waals surface area contributed by atoms with Crippen LogP contribution in [0.15, 0.2) is 0 Å². The molecule has 3 N–H and O–H groups in total. The third-order valence-electron chi connectivity index (χ3n) is 3.64. The average Bonchev–Trinajstić information content (AvgIpc) is 2.74. The highest BCUT2D eigenvalue weighted by Gasteiger charge is 2.39. The van der Waals surface area contributed by atoms with Crippen molar-refractivity contribution in [3.8, 4) is 0 Å². The van der Waals surface area contributed by atoms with Gasteiger partial charge in [0.1, 0.15) is 0 Å². The molecule has 1 saturated heterocycles. The molecule has 1 aliphatic rings. The van der Waals surface area contributed by atoms with E-state index in [1.807, 2.05) is 20.8 Å². The molecule has 0 saturated carbocycles. The fourth-order valence-electron chi connectivity index (χ4n) is 2.02. The molecule has 0 bridgehead atoms. The van der Waals surface area contributed by atoms with Crippen LogP contribution in [-0.2, 0) is 4.79 Å². The Labute approximate surface area is 97.8 Å². The summed E-state index contributed by atoms with van der Waals surface area (Å²) in [5.41, 5.74) is -0.253. The molecule has 1 heterocycles. The molecule has 0 aliphatic carbocycles. The highest BCUT2D eigenvalue weighted by molar-refractivity contribution is 5.83. The van der Waals surface area contributed by atoms with Crippen molar-refractivity contribution in [1.29, 1.82) is 0 Å². The van der Waals surface area contributed by atoms with Gasteiger partial charge >= 0.3 is 0 Å². The Morgan fingerprint density at radius 2 is 2.25 bits per heavy atom. The second-order valence-electron chi connectivity index (χ2n) is 5.08. The number of aliphatic hydroxyl groups excluding tert-OH is 1. The van der Waals surface area contributed by atoms with E-state index < -0.39 is 6.10 Å². The topological polar surface area (TPSA) is 61.4 Å². The second kappa shape index (κ2) is 5.64. The van der Waals surface area contributed by atoms with Gasteiger partial charge in [-0.05, 0) is 25.3 Å². The number of hydrogen-bond donors (Lipinski definition) is 3. The van der Waals surface area contributed by atoms with Crippen molar-refractivity contribution >= 4 is 5.91 Å². The van der Waals surface area contributed by atoms with E-state index in [0.717, 1.165) is 25.9 Å². The first-order valence-corrected chi connectivity index (χ1v) is 6.19. The van der Waals surface area contributed by atoms with Crippen LogP contribution in [0.3, 0.4) is 0 Å². The van der Waals surface area contributed by atoms with Gasteiger partial charge in [0.2, 0.25) is 5.91 Å². The van der Waals surface area contributed by atoms with E-state index >= 15 is 0 Å². The summed E-state index contributed by atoms with van der Waals surface area (Å²) in [4.78, 5) is 12.1. The SMILES string of the molecule is CCC1(C(=O)NCC(O)C(C)C)CCNC1. The van der Waals surface area contributed by atoms with Gasteiger partial charge < -0.3 is 15.7 Å². The predicted molar refractivity (Wildman–Crippen MR) is 64.1 cm³/mol. The van der Waals surface area contributed by atoms with Crippen LogP contribution in [0.25, 0.3) is 0 Å². The highest BCUT2D eigenvalue weighted by atomic mass is 16.3. The molecule has 2 atom stereocenters. The van der Waals surface area contributed by atoms with Crippen LogP contribution in [0.1, 0.15) is 33.6 Å². The molecule has 4 heteroatoms. The molecule has 1 rings (SSSR count). The van der Waals surface area contributed by atoms with Crippen molar-refractivity contribution in [3.63, 3.8) is 0 Å². The van der Waals surface area contributed by atoms with Crippen molar-refractivity contribution in [3.05, 3.63) is 0 Å². The minimum Gasteiger partial charge on any atom is -0.391 e. The Bertz CT molecular complexity index is 235. The summed E-state index contributed by atoms with van der Waals surface area (Å²) in [6.07, 6.45) is 1.30. The zero-order valence-corrected chi connectivity index (χ0v) is 10.5. The Morgan fingerprint density at radius 3 is 2.69 bits per heavy atom. The fraction of sp³-hybridized carbons (Fsp3) is 0.917. The second-order valence-corrected chi connectivity index (χ2v) is 5.08. The molecule has 94 valence electrons. The zero-order chi connectivity index (χ0) is 12.2. The maximum Gasteiger partial charge on any atom is 0.227 e. The first-order valence-electron chi connectivity index (χ1n) is 6.19. The largest absolute Gasteiger partial charge is 0.391 e. The predicted octanol–water partition coefficient (Wildman–Crippen LogP) is 0.509. The number of carbonyl (C=O) groups excluding carboxylic acids is 1. The lowest BCUT2D eigenvalue weighted by Crippen LogP contribution is -2.45. The molecule has 2 unspecified atom stereocenters. The van der Waals surface area contributed by atoms with Gasteiger partial charge in [-0.15, -0.1) is 0 Å². The number of amides is 1. The zero-order valence-electron chi connectivity index (χ0n) is 10.5. The number of carbonyl (C=O) groups is 1. The van der Waals surface area contributed by atoms with Crippen molar-refractivity contribution in [2.45, 2.75) is 39.7 Å². The van der Waals surface area contributed by atoms with Gasteiger partial charge in [0.15, 0.2) is 0 Å². The van der Waals surface area contributed by atoms with Crippen LogP contribution in [0.2, 0.25) is 0 Å². The first-order chi connectivity index (χ1) is 7.52. The number of nitrogens with one attached hydrogen (secondary N) is 2. The molecular formula is C12H24N2O2. The minimum absolute atomic E-state index is 0.0831. The molecule has 0 aromatic heterocycles. The van der Waals surface area contributed by atoms with Crippen LogP contribution >= 0.6 is 0 Å². The molecule has 0 radical (unpaired) electrons. The highest BCUT2D eigenvalue weighted by Crippen LogP contribution is 2.29. The first kappa shape index (κ1) is 13.5. The lowest BCUT2D eigenvalue weighted by molar-refractivity contribution is -0.130. The Morgan fingerprint density at radius 1 is 1.56 bits per heavy atom. The number of rotatable bonds is 5. The minimum atomic E-state index is -0.452. The van der Waals surface area contributed by atoms with Crippen molar-refractivity contribution in [2.75, 3.05) is 19.6 Å². The Kier molecular flexibility index (Phi) is 4.74. The molecule has 1 amide bonds. The monoisotopic (exact) mass is 228 g/mol. The molecule has 0 spiro atoms. The van der Waals surface area contributed by atoms with Gasteiger partial charge in [-0.25, -0.2) is 0 Å². The fourth-order valence-corrected chi connectivity index (χ4v) is 2.02. The summed E-state index contributed by atoms with van der Waals surface area (Å²) in [7, 11) is 0. The summed E-state index contributed by atoms with van der Waals surface area (Å²) in [6.45, 7) is 7.97. The third kappa shape index (κ3) is 2.95. The van der Waals surface area contributed by atoms with Gasteiger partial charge in [0.25, 0.3) is 0 Å². The smallest absolute Gasteiger partial charge is 0.227 e. The third-order valence-corrected chi connectivity index (χ3v) is 3.64. The van der Waals surface area contributed by atoms with E-state index in [9.17, 15) is 9.90 Å². The van der Waals surface area contributed by atoms with Gasteiger partial charge in [-0.1, -0.05) is 20.8 Å². The van der Waals surface area contributed by atoms with E-state index in [2.05, 4.69) is 10.6 Å². The van der Waals surface area contributed by atoms with Crippen LogP contribution in [0, 0.1) is 11.3 Å². The van der Waals surface area contributed by atoms with E-state index in [1.54, 1.807) is 0 Å². The van der Waals surface area contributed by atoms with E-state index in [4.69, 9.17) is 0 Å². The van der Waals surface area contributed by atoms with Crippen LogP contribution in [0.5, 0.6) is 0 Å². The standard InChI is InChI=1S/C12H24N2O2/c1-4-12(5-6-13-8-12)11(16)14-7-10(15)9(2)3/h9-10,13,15H,4-8H2,1-3H3,(H,14,16). The normalized spacial score (nSPS) is 27.1. The van der Waals surface area contributed by atoms with Crippen LogP contribution in [0.4, 0.5) is 0 Å². The molecule has 1 aliphatic heterocycles. The van der Waals surface area contributed by atoms with E-state index in [1.165, 1.54) is 0 Å². The van der Waals surface area contributed by atoms with Crippen molar-refractivity contribution in [1.82, 2.24) is 10.6 Å². The van der Waals surface area contributed by atoms with Crippen molar-refractivity contribution in [2.24, 2.45) is 11.3 Å². The summed E-state index contributed by atoms with van der Waals surface area (Å²) < 4.78 is 0. The average molecular weight is 228 g/mol. The summed E-state index contributed by atoms with van der Waals surface area (Å²) in [5, 5.41) is 15.7. The number of hydrogen-bond acceptors (Lipinski definition) is 3. The number of aliphatic hydroxyl groups is 1. The van der Waals surface area contributed by atoms with Gasteiger partial charge in [-0.3, -0.25) is 4.79 Å². The lowest BCUT2D eigenvalue weighted by Gasteiger charge is -2.26. The Balaban J connectivity index is 2.45. The lowest BCUT2D eigenvalue weighted by atomic mass is 9.83. The molecular weight excluding hydrogens is 204 g/mol.